The zero-order valence-electron chi connectivity index (χ0n) is 12.8. The van der Waals surface area contributed by atoms with Crippen LogP contribution in [0.25, 0.3) is 11.0 Å². The highest BCUT2D eigenvalue weighted by Gasteiger charge is 2.20. The van der Waals surface area contributed by atoms with E-state index in [4.69, 9.17) is 0 Å². The molecule has 3 heterocycles. The van der Waals surface area contributed by atoms with Crippen LogP contribution in [0.5, 0.6) is 0 Å². The van der Waals surface area contributed by atoms with E-state index in [0.717, 1.165) is 22.3 Å². The largest absolute Gasteiger partial charge is 0.350 e. The summed E-state index contributed by atoms with van der Waals surface area (Å²) in [4.78, 5) is 16.4. The number of nitrogens with one attached hydrogen (secondary N) is 1. The molecule has 0 unspecified atom stereocenters. The average molecular weight is 298 g/mol. The molecule has 0 aliphatic rings. The molecule has 0 saturated heterocycles. The van der Waals surface area contributed by atoms with Crippen molar-refractivity contribution in [3.8, 4) is 0 Å². The van der Waals surface area contributed by atoms with E-state index in [1.807, 2.05) is 33.0 Å². The summed E-state index contributed by atoms with van der Waals surface area (Å²) in [6, 6.07) is 3.37. The van der Waals surface area contributed by atoms with Crippen molar-refractivity contribution in [2.24, 2.45) is 7.05 Å². The van der Waals surface area contributed by atoms with Gasteiger partial charge in [-0.15, -0.1) is 0 Å². The summed E-state index contributed by atoms with van der Waals surface area (Å²) >= 11 is 0. The van der Waals surface area contributed by atoms with E-state index in [2.05, 4.69) is 20.5 Å². The Bertz CT molecular complexity index is 804. The van der Waals surface area contributed by atoms with Crippen LogP contribution in [0.4, 0.5) is 0 Å². The number of pyridine rings is 1. The van der Waals surface area contributed by atoms with Crippen LogP contribution < -0.4 is 5.32 Å². The summed E-state index contributed by atoms with van der Waals surface area (Å²) in [6.45, 7) is 4.20. The van der Waals surface area contributed by atoms with E-state index < -0.39 is 6.04 Å². The predicted molar refractivity (Wildman–Crippen MR) is 82.0 cm³/mol. The van der Waals surface area contributed by atoms with Crippen LogP contribution in [-0.2, 0) is 18.4 Å². The lowest BCUT2D eigenvalue weighted by Crippen LogP contribution is -2.31. The molecule has 1 amide bonds. The first-order valence-corrected chi connectivity index (χ1v) is 7.11. The lowest BCUT2D eigenvalue weighted by atomic mass is 10.2. The van der Waals surface area contributed by atoms with Crippen molar-refractivity contribution in [1.82, 2.24) is 29.9 Å². The first kappa shape index (κ1) is 14.2. The van der Waals surface area contributed by atoms with Gasteiger partial charge in [0.2, 0.25) is 5.91 Å². The van der Waals surface area contributed by atoms with Crippen molar-refractivity contribution in [2.75, 3.05) is 0 Å². The summed E-state index contributed by atoms with van der Waals surface area (Å²) in [7, 11) is 1.87. The molecular formula is C15H18N6O. The van der Waals surface area contributed by atoms with Gasteiger partial charge in [-0.3, -0.25) is 14.5 Å². The van der Waals surface area contributed by atoms with Gasteiger partial charge in [0.25, 0.3) is 0 Å². The molecule has 0 spiro atoms. The van der Waals surface area contributed by atoms with E-state index in [0.29, 0.717) is 6.54 Å². The molecule has 22 heavy (non-hydrogen) atoms. The van der Waals surface area contributed by atoms with Crippen molar-refractivity contribution >= 4 is 16.9 Å². The molecule has 0 bridgehead atoms. The Morgan fingerprint density at radius 1 is 1.41 bits per heavy atom. The summed E-state index contributed by atoms with van der Waals surface area (Å²) < 4.78 is 3.49. The molecule has 0 aromatic carbocycles. The lowest BCUT2D eigenvalue weighted by molar-refractivity contribution is -0.124. The maximum atomic E-state index is 12.4. The third kappa shape index (κ3) is 2.45. The Balaban J connectivity index is 1.77. The molecule has 1 N–H and O–H groups in total. The van der Waals surface area contributed by atoms with Crippen molar-refractivity contribution < 1.29 is 4.79 Å². The van der Waals surface area contributed by atoms with Gasteiger partial charge in [-0.05, 0) is 25.5 Å². The predicted octanol–water partition coefficient (Wildman–Crippen LogP) is 1.35. The smallest absolute Gasteiger partial charge is 0.244 e. The molecule has 7 heteroatoms. The molecule has 3 rings (SSSR count). The van der Waals surface area contributed by atoms with Crippen LogP contribution in [0.1, 0.15) is 24.2 Å². The van der Waals surface area contributed by atoms with Crippen LogP contribution in [0.15, 0.2) is 30.7 Å². The van der Waals surface area contributed by atoms with Crippen LogP contribution in [0, 0.1) is 6.92 Å². The topological polar surface area (TPSA) is 77.6 Å². The highest BCUT2D eigenvalue weighted by molar-refractivity contribution is 5.84. The van der Waals surface area contributed by atoms with E-state index >= 15 is 0 Å². The number of hydrogen-bond donors (Lipinski definition) is 1. The fraction of sp³-hybridized carbons (Fsp3) is 0.333. The maximum Gasteiger partial charge on any atom is 0.244 e. The number of aryl methyl sites for hydroxylation is 2. The zero-order valence-corrected chi connectivity index (χ0v) is 12.8. The van der Waals surface area contributed by atoms with Gasteiger partial charge in [-0.25, -0.2) is 4.68 Å². The molecule has 0 radical (unpaired) electrons. The quantitative estimate of drug-likeness (QED) is 0.788. The van der Waals surface area contributed by atoms with Gasteiger partial charge in [0.15, 0.2) is 0 Å². The highest BCUT2D eigenvalue weighted by Crippen LogP contribution is 2.20. The summed E-state index contributed by atoms with van der Waals surface area (Å²) in [6.07, 6.45) is 5.18. The van der Waals surface area contributed by atoms with Crippen LogP contribution >= 0.6 is 0 Å². The van der Waals surface area contributed by atoms with E-state index in [-0.39, 0.29) is 5.91 Å². The average Bonchev–Trinajstić information content (AvgIpc) is 3.08. The number of nitrogens with zero attached hydrogens (tertiary/aromatic N) is 5. The number of amides is 1. The van der Waals surface area contributed by atoms with Crippen LogP contribution in [0.2, 0.25) is 0 Å². The second-order valence-electron chi connectivity index (χ2n) is 5.29. The minimum absolute atomic E-state index is 0.0860. The molecule has 1 atom stereocenters. The second kappa shape index (κ2) is 5.59. The summed E-state index contributed by atoms with van der Waals surface area (Å²) in [5, 5.41) is 11.6. The summed E-state index contributed by atoms with van der Waals surface area (Å²) in [5.74, 6) is -0.0860. The minimum atomic E-state index is -0.405. The van der Waals surface area contributed by atoms with Crippen LogP contribution in [-0.4, -0.2) is 30.5 Å². The third-order valence-electron chi connectivity index (χ3n) is 3.70. The number of fused-ring (bicyclic) bond motifs is 1. The fourth-order valence-corrected chi connectivity index (χ4v) is 2.51. The number of carbonyl (C=O) groups excluding carboxylic acids is 1. The van der Waals surface area contributed by atoms with E-state index in [1.54, 1.807) is 28.0 Å². The Morgan fingerprint density at radius 2 is 2.23 bits per heavy atom. The monoisotopic (exact) mass is 298 g/mol. The van der Waals surface area contributed by atoms with Gasteiger partial charge in [0.1, 0.15) is 17.1 Å². The van der Waals surface area contributed by atoms with Crippen LogP contribution in [0.3, 0.4) is 0 Å². The Morgan fingerprint density at radius 3 is 2.95 bits per heavy atom. The Hall–Kier alpha value is -2.70. The number of carbonyl (C=O) groups is 1. The minimum Gasteiger partial charge on any atom is -0.350 e. The molecule has 7 nitrogen and oxygen atoms in total. The highest BCUT2D eigenvalue weighted by atomic mass is 16.2. The molecule has 3 aromatic rings. The van der Waals surface area contributed by atoms with Crippen molar-refractivity contribution in [3.63, 3.8) is 0 Å². The normalized spacial score (nSPS) is 12.5. The SMILES string of the molecule is Cc1nn(C)c2cnn([C@H](C)C(=O)NCc3cccnc3)c12. The van der Waals surface area contributed by atoms with Gasteiger partial charge in [0.05, 0.1) is 11.9 Å². The first-order valence-electron chi connectivity index (χ1n) is 7.11. The van der Waals surface area contributed by atoms with Gasteiger partial charge in [0, 0.05) is 26.0 Å². The number of rotatable bonds is 4. The van der Waals surface area contributed by atoms with Crippen molar-refractivity contribution in [2.45, 2.75) is 26.4 Å². The first-order chi connectivity index (χ1) is 10.6. The standard InChI is InChI=1S/C15H18N6O/c1-10-14-13(20(3)19-10)9-18-21(14)11(2)15(22)17-8-12-5-4-6-16-7-12/h4-7,9,11H,8H2,1-3H3,(H,17,22)/t11-/m1/s1. The molecule has 0 fully saturated rings. The van der Waals surface area contributed by atoms with E-state index in [1.165, 1.54) is 0 Å². The Labute approximate surface area is 128 Å². The zero-order chi connectivity index (χ0) is 15.7. The van der Waals surface area contributed by atoms with Gasteiger partial charge in [-0.1, -0.05) is 6.07 Å². The van der Waals surface area contributed by atoms with Gasteiger partial charge >= 0.3 is 0 Å². The molecule has 0 aliphatic carbocycles. The second-order valence-corrected chi connectivity index (χ2v) is 5.29. The van der Waals surface area contributed by atoms with Crippen molar-refractivity contribution in [3.05, 3.63) is 42.0 Å². The van der Waals surface area contributed by atoms with Gasteiger partial charge in [-0.2, -0.15) is 10.2 Å². The van der Waals surface area contributed by atoms with Gasteiger partial charge < -0.3 is 5.32 Å². The summed E-state index contributed by atoms with van der Waals surface area (Å²) in [5.41, 5.74) is 3.64. The number of hydrogen-bond acceptors (Lipinski definition) is 4. The molecule has 114 valence electrons. The van der Waals surface area contributed by atoms with Crippen molar-refractivity contribution in [1.29, 1.82) is 0 Å². The fourth-order valence-electron chi connectivity index (χ4n) is 2.51. The maximum absolute atomic E-state index is 12.4. The third-order valence-corrected chi connectivity index (χ3v) is 3.70. The molecule has 0 aliphatic heterocycles. The lowest BCUT2D eigenvalue weighted by Gasteiger charge is -2.13. The van der Waals surface area contributed by atoms with E-state index in [9.17, 15) is 4.79 Å². The number of aromatic nitrogens is 5. The molecule has 0 saturated carbocycles. The molecule has 3 aromatic heterocycles. The molecular weight excluding hydrogens is 280 g/mol. The Kier molecular flexibility index (Phi) is 3.62.